The number of nitrogens with zero attached hydrogens (tertiary/aromatic N) is 2. The number of carbonyl (C=O) groups excluding carboxylic acids is 1. The van der Waals surface area contributed by atoms with E-state index < -0.39 is 11.9 Å². The minimum atomic E-state index is -0.871. The highest BCUT2D eigenvalue weighted by Gasteiger charge is 2.40. The maximum atomic E-state index is 11.9. The Morgan fingerprint density at radius 3 is 2.50 bits per heavy atom. The number of methoxy groups -OCH3 is 2. The molecule has 1 aliphatic heterocycles. The Hall–Kier alpha value is -2.28. The van der Waals surface area contributed by atoms with Gasteiger partial charge in [0.05, 0.1) is 26.7 Å². The lowest BCUT2D eigenvalue weighted by Crippen LogP contribution is -2.35. The lowest BCUT2D eigenvalue weighted by molar-refractivity contribution is -0.142. The third kappa shape index (κ3) is 3.62. The van der Waals surface area contributed by atoms with E-state index in [0.29, 0.717) is 24.6 Å². The van der Waals surface area contributed by atoms with Crippen LogP contribution in [0.25, 0.3) is 0 Å². The van der Waals surface area contributed by atoms with Crippen LogP contribution >= 0.6 is 0 Å². The van der Waals surface area contributed by atoms with Gasteiger partial charge in [-0.2, -0.15) is 0 Å². The van der Waals surface area contributed by atoms with Crippen molar-refractivity contribution in [1.82, 2.24) is 9.80 Å². The van der Waals surface area contributed by atoms with Crippen LogP contribution in [0.2, 0.25) is 0 Å². The van der Waals surface area contributed by atoms with Crippen LogP contribution in [-0.4, -0.2) is 74.7 Å². The summed E-state index contributed by atoms with van der Waals surface area (Å²) in [5, 5.41) is 9.60. The summed E-state index contributed by atoms with van der Waals surface area (Å²) < 4.78 is 10.8. The molecule has 2 atom stereocenters. The van der Waals surface area contributed by atoms with Crippen LogP contribution < -0.4 is 9.47 Å². The van der Waals surface area contributed by atoms with Crippen LogP contribution in [-0.2, 0) is 9.59 Å². The quantitative estimate of drug-likeness (QED) is 0.831. The number of likely N-dealkylation sites (N-methyl/N-ethyl adjacent to an activating group) is 1. The molecule has 0 saturated carbocycles. The molecule has 1 fully saturated rings. The normalized spacial score (nSPS) is 20.7. The molecule has 0 radical (unpaired) electrons. The number of carboxylic acids is 1. The maximum Gasteiger partial charge on any atom is 0.308 e. The Morgan fingerprint density at radius 1 is 1.25 bits per heavy atom. The van der Waals surface area contributed by atoms with Gasteiger partial charge in [0.2, 0.25) is 5.91 Å². The first-order valence-electron chi connectivity index (χ1n) is 7.75. The summed E-state index contributed by atoms with van der Waals surface area (Å²) in [6, 6.07) is 5.46. The molecular weight excluding hydrogens is 312 g/mol. The first-order chi connectivity index (χ1) is 11.4. The minimum absolute atomic E-state index is 0.0441. The molecule has 0 bridgehead atoms. The first-order valence-corrected chi connectivity index (χ1v) is 7.75. The smallest absolute Gasteiger partial charge is 0.308 e. The fourth-order valence-electron chi connectivity index (χ4n) is 3.12. The largest absolute Gasteiger partial charge is 0.493 e. The van der Waals surface area contributed by atoms with E-state index >= 15 is 0 Å². The number of rotatable bonds is 6. The summed E-state index contributed by atoms with van der Waals surface area (Å²) in [5.41, 5.74) is 0.795. The maximum absolute atomic E-state index is 11.9. The van der Waals surface area contributed by atoms with Gasteiger partial charge < -0.3 is 19.5 Å². The van der Waals surface area contributed by atoms with Crippen LogP contribution in [0.1, 0.15) is 11.5 Å². The van der Waals surface area contributed by atoms with Crippen molar-refractivity contribution in [3.63, 3.8) is 0 Å². The molecule has 0 aromatic heterocycles. The van der Waals surface area contributed by atoms with E-state index in [9.17, 15) is 14.7 Å². The number of amides is 1. The standard InChI is InChI=1S/C17H24N2O5/c1-18(2)15(20)10-19-8-12(13(9-19)17(21)22)11-6-5-7-14(23-3)16(11)24-4/h5-7,12-13H,8-10H2,1-4H3,(H,21,22)/t12-,13+/m0/s1. The van der Waals surface area contributed by atoms with Gasteiger partial charge in [0.25, 0.3) is 0 Å². The van der Waals surface area contributed by atoms with E-state index in [1.807, 2.05) is 17.0 Å². The average Bonchev–Trinajstić information content (AvgIpc) is 2.97. The molecule has 1 N–H and O–H groups in total. The molecule has 1 aromatic rings. The van der Waals surface area contributed by atoms with E-state index in [1.54, 1.807) is 34.4 Å². The van der Waals surface area contributed by atoms with E-state index in [0.717, 1.165) is 5.56 Å². The molecule has 1 aromatic carbocycles. The van der Waals surface area contributed by atoms with Crippen LogP contribution in [0, 0.1) is 5.92 Å². The Balaban J connectivity index is 2.31. The lowest BCUT2D eigenvalue weighted by atomic mass is 9.88. The second-order valence-corrected chi connectivity index (χ2v) is 6.12. The highest BCUT2D eigenvalue weighted by Crippen LogP contribution is 2.41. The number of likely N-dealkylation sites (tertiary alicyclic amines) is 1. The van der Waals surface area contributed by atoms with Crippen LogP contribution in [0.4, 0.5) is 0 Å². The van der Waals surface area contributed by atoms with Crippen LogP contribution in [0.15, 0.2) is 18.2 Å². The second-order valence-electron chi connectivity index (χ2n) is 6.12. The molecule has 1 aliphatic rings. The average molecular weight is 336 g/mol. The summed E-state index contributed by atoms with van der Waals surface area (Å²) in [7, 11) is 6.47. The van der Waals surface area contributed by atoms with Gasteiger partial charge in [-0.3, -0.25) is 14.5 Å². The first kappa shape index (κ1) is 18.1. The monoisotopic (exact) mass is 336 g/mol. The predicted octanol–water partition coefficient (Wildman–Crippen LogP) is 0.892. The van der Waals surface area contributed by atoms with Crippen LogP contribution in [0.5, 0.6) is 11.5 Å². The van der Waals surface area contributed by atoms with Crippen molar-refractivity contribution in [2.45, 2.75) is 5.92 Å². The summed E-state index contributed by atoms with van der Waals surface area (Å²) in [6.07, 6.45) is 0. The molecule has 2 rings (SSSR count). The minimum Gasteiger partial charge on any atom is -0.493 e. The zero-order chi connectivity index (χ0) is 17.9. The molecule has 24 heavy (non-hydrogen) atoms. The highest BCUT2D eigenvalue weighted by molar-refractivity contribution is 5.78. The third-order valence-electron chi connectivity index (χ3n) is 4.40. The number of ether oxygens (including phenoxy) is 2. The van der Waals surface area contributed by atoms with Gasteiger partial charge in [-0.1, -0.05) is 12.1 Å². The van der Waals surface area contributed by atoms with Crippen molar-refractivity contribution in [1.29, 1.82) is 0 Å². The molecular formula is C17H24N2O5. The van der Waals surface area contributed by atoms with Gasteiger partial charge >= 0.3 is 5.97 Å². The number of hydrogen-bond donors (Lipinski definition) is 1. The Bertz CT molecular complexity index is 617. The second kappa shape index (κ2) is 7.53. The lowest BCUT2D eigenvalue weighted by Gasteiger charge is -2.20. The number of hydrogen-bond acceptors (Lipinski definition) is 5. The fraction of sp³-hybridized carbons (Fsp3) is 0.529. The summed E-state index contributed by atoms with van der Waals surface area (Å²) in [6.45, 7) is 1.03. The Kier molecular flexibility index (Phi) is 5.66. The number of carboxylic acid groups (broad SMARTS) is 1. The van der Waals surface area contributed by atoms with E-state index in [1.165, 1.54) is 4.90 Å². The molecule has 7 nitrogen and oxygen atoms in total. The summed E-state index contributed by atoms with van der Waals surface area (Å²) in [4.78, 5) is 27.0. The van der Waals surface area contributed by atoms with Crippen molar-refractivity contribution in [2.75, 3.05) is 47.9 Å². The molecule has 132 valence electrons. The van der Waals surface area contributed by atoms with Gasteiger partial charge in [0.1, 0.15) is 0 Å². The molecule has 0 unspecified atom stereocenters. The number of para-hydroxylation sites is 1. The number of aliphatic carboxylic acids is 1. The zero-order valence-corrected chi connectivity index (χ0v) is 14.5. The SMILES string of the molecule is COc1cccc([C@@H]2CN(CC(=O)N(C)C)C[C@H]2C(=O)O)c1OC. The van der Waals surface area contributed by atoms with Crippen molar-refractivity contribution < 1.29 is 24.2 Å². The summed E-state index contributed by atoms with van der Waals surface area (Å²) >= 11 is 0. The van der Waals surface area contributed by atoms with Crippen molar-refractivity contribution >= 4 is 11.9 Å². The van der Waals surface area contributed by atoms with Gasteiger partial charge in [0, 0.05) is 38.7 Å². The van der Waals surface area contributed by atoms with Gasteiger partial charge in [0.15, 0.2) is 11.5 Å². The zero-order valence-electron chi connectivity index (χ0n) is 14.5. The van der Waals surface area contributed by atoms with Crippen molar-refractivity contribution in [3.05, 3.63) is 23.8 Å². The van der Waals surface area contributed by atoms with Gasteiger partial charge in [-0.05, 0) is 6.07 Å². The molecule has 0 aliphatic carbocycles. The van der Waals surface area contributed by atoms with Crippen LogP contribution in [0.3, 0.4) is 0 Å². The third-order valence-corrected chi connectivity index (χ3v) is 4.40. The van der Waals surface area contributed by atoms with E-state index in [4.69, 9.17) is 9.47 Å². The number of benzene rings is 1. The fourth-order valence-corrected chi connectivity index (χ4v) is 3.12. The molecule has 7 heteroatoms. The van der Waals surface area contributed by atoms with Crippen molar-refractivity contribution in [2.24, 2.45) is 5.92 Å². The molecule has 1 saturated heterocycles. The Morgan fingerprint density at radius 2 is 1.96 bits per heavy atom. The van der Waals surface area contributed by atoms with Gasteiger partial charge in [-0.15, -0.1) is 0 Å². The van der Waals surface area contributed by atoms with E-state index in [-0.39, 0.29) is 18.4 Å². The number of carbonyl (C=O) groups is 2. The summed E-state index contributed by atoms with van der Waals surface area (Å²) in [5.74, 6) is -0.649. The topological polar surface area (TPSA) is 79.3 Å². The van der Waals surface area contributed by atoms with E-state index in [2.05, 4.69) is 0 Å². The molecule has 1 heterocycles. The Labute approximate surface area is 141 Å². The highest BCUT2D eigenvalue weighted by atomic mass is 16.5. The predicted molar refractivity (Wildman–Crippen MR) is 88.5 cm³/mol. The van der Waals surface area contributed by atoms with Gasteiger partial charge in [-0.25, -0.2) is 0 Å². The molecule has 0 spiro atoms. The molecule has 1 amide bonds. The van der Waals surface area contributed by atoms with Crippen molar-refractivity contribution in [3.8, 4) is 11.5 Å².